The first-order chi connectivity index (χ1) is 7.97. The molecule has 0 fully saturated rings. The van der Waals surface area contributed by atoms with Crippen LogP contribution in [-0.4, -0.2) is 12.1 Å². The summed E-state index contributed by atoms with van der Waals surface area (Å²) < 4.78 is 5.65. The lowest BCUT2D eigenvalue weighted by Gasteiger charge is -2.25. The highest BCUT2D eigenvalue weighted by Gasteiger charge is 2.29. The molecule has 17 heavy (non-hydrogen) atoms. The van der Waals surface area contributed by atoms with Gasteiger partial charge in [0, 0.05) is 0 Å². The van der Waals surface area contributed by atoms with Crippen LogP contribution in [0.4, 0.5) is 0 Å². The summed E-state index contributed by atoms with van der Waals surface area (Å²) in [5.41, 5.74) is -0.337. The van der Waals surface area contributed by atoms with Gasteiger partial charge >= 0.3 is 5.97 Å². The molecule has 0 saturated heterocycles. The van der Waals surface area contributed by atoms with E-state index in [-0.39, 0.29) is 17.5 Å². The number of unbranched alkanes of at least 4 members (excludes halogenated alkanes) is 2. The Hall–Kier alpha value is -0.530. The molecule has 0 N–H and O–H groups in total. The Balaban J connectivity index is 4.18. The summed E-state index contributed by atoms with van der Waals surface area (Å²) in [6, 6.07) is 0. The fourth-order valence-corrected chi connectivity index (χ4v) is 1.66. The number of ether oxygens (including phenoxy) is 1. The van der Waals surface area contributed by atoms with Gasteiger partial charge in [-0.15, -0.1) is 0 Å². The molecular formula is C15H30O2. The Morgan fingerprint density at radius 2 is 1.71 bits per heavy atom. The molecule has 0 heterocycles. The molecule has 0 radical (unpaired) electrons. The third-order valence-electron chi connectivity index (χ3n) is 3.45. The van der Waals surface area contributed by atoms with Crippen molar-refractivity contribution in [3.63, 3.8) is 0 Å². The Labute approximate surface area is 107 Å². The quantitative estimate of drug-likeness (QED) is 0.432. The first kappa shape index (κ1) is 16.5. The lowest BCUT2D eigenvalue weighted by Crippen LogP contribution is -2.30. The zero-order valence-electron chi connectivity index (χ0n) is 12.3. The Bertz CT molecular complexity index is 209. The topological polar surface area (TPSA) is 26.3 Å². The van der Waals surface area contributed by atoms with E-state index in [0.29, 0.717) is 0 Å². The number of esters is 1. The van der Waals surface area contributed by atoms with Gasteiger partial charge in [-0.05, 0) is 39.5 Å². The van der Waals surface area contributed by atoms with Gasteiger partial charge in [-0.2, -0.15) is 0 Å². The van der Waals surface area contributed by atoms with E-state index in [2.05, 4.69) is 13.8 Å². The predicted octanol–water partition coefficient (Wildman–Crippen LogP) is 4.71. The van der Waals surface area contributed by atoms with Crippen LogP contribution in [0.25, 0.3) is 0 Å². The maximum atomic E-state index is 12.0. The first-order valence-electron chi connectivity index (χ1n) is 7.19. The van der Waals surface area contributed by atoms with E-state index in [1.165, 1.54) is 19.3 Å². The van der Waals surface area contributed by atoms with Crippen LogP contribution < -0.4 is 0 Å². The van der Waals surface area contributed by atoms with Gasteiger partial charge in [0.25, 0.3) is 0 Å². The van der Waals surface area contributed by atoms with Gasteiger partial charge in [0.15, 0.2) is 0 Å². The Morgan fingerprint density at radius 3 is 2.18 bits per heavy atom. The molecule has 0 aromatic rings. The number of carbonyl (C=O) groups is 1. The second kappa shape index (κ2) is 8.54. The zero-order chi connectivity index (χ0) is 13.3. The van der Waals surface area contributed by atoms with Crippen LogP contribution in [0, 0.1) is 5.41 Å². The third-order valence-corrected chi connectivity index (χ3v) is 3.45. The Morgan fingerprint density at radius 1 is 1.06 bits per heavy atom. The molecule has 0 aromatic heterocycles. The SMILES string of the molecule is CCCCCC(CCC)OC(=O)C(C)(C)CC. The molecule has 0 amide bonds. The number of rotatable bonds is 9. The largest absolute Gasteiger partial charge is 0.462 e. The molecule has 0 saturated carbocycles. The molecular weight excluding hydrogens is 212 g/mol. The van der Waals surface area contributed by atoms with Crippen molar-refractivity contribution < 1.29 is 9.53 Å². The van der Waals surface area contributed by atoms with Crippen molar-refractivity contribution in [2.75, 3.05) is 0 Å². The molecule has 1 atom stereocenters. The fraction of sp³-hybridized carbons (Fsp3) is 0.933. The van der Waals surface area contributed by atoms with Crippen LogP contribution in [0.2, 0.25) is 0 Å². The van der Waals surface area contributed by atoms with E-state index in [4.69, 9.17) is 4.74 Å². The van der Waals surface area contributed by atoms with Gasteiger partial charge in [-0.25, -0.2) is 0 Å². The van der Waals surface area contributed by atoms with Crippen LogP contribution >= 0.6 is 0 Å². The number of hydrogen-bond acceptors (Lipinski definition) is 2. The maximum absolute atomic E-state index is 12.0. The van der Waals surface area contributed by atoms with Gasteiger partial charge in [-0.3, -0.25) is 4.79 Å². The van der Waals surface area contributed by atoms with Crippen LogP contribution in [0.5, 0.6) is 0 Å². The monoisotopic (exact) mass is 242 g/mol. The van der Waals surface area contributed by atoms with Gasteiger partial charge in [-0.1, -0.05) is 40.0 Å². The molecule has 0 rings (SSSR count). The van der Waals surface area contributed by atoms with Crippen molar-refractivity contribution in [1.29, 1.82) is 0 Å². The molecule has 0 aromatic carbocycles. The summed E-state index contributed by atoms with van der Waals surface area (Å²) in [4.78, 5) is 12.0. The van der Waals surface area contributed by atoms with Crippen LogP contribution in [0.15, 0.2) is 0 Å². The first-order valence-corrected chi connectivity index (χ1v) is 7.19. The second-order valence-corrected chi connectivity index (χ2v) is 5.55. The van der Waals surface area contributed by atoms with Crippen molar-refractivity contribution in [1.82, 2.24) is 0 Å². The highest BCUT2D eigenvalue weighted by Crippen LogP contribution is 2.24. The fourth-order valence-electron chi connectivity index (χ4n) is 1.66. The predicted molar refractivity (Wildman–Crippen MR) is 73.0 cm³/mol. The van der Waals surface area contributed by atoms with E-state index < -0.39 is 0 Å². The molecule has 2 heteroatoms. The standard InChI is InChI=1S/C15H30O2/c1-6-9-10-12-13(11-7-2)17-14(16)15(4,5)8-3/h13H,6-12H2,1-5H3. The molecule has 0 spiro atoms. The minimum atomic E-state index is -0.337. The molecule has 0 bridgehead atoms. The highest BCUT2D eigenvalue weighted by atomic mass is 16.5. The van der Waals surface area contributed by atoms with Crippen molar-refractivity contribution in [2.45, 2.75) is 85.7 Å². The van der Waals surface area contributed by atoms with Crippen LogP contribution in [0.1, 0.15) is 79.6 Å². The van der Waals surface area contributed by atoms with Crippen molar-refractivity contribution in [3.05, 3.63) is 0 Å². The van der Waals surface area contributed by atoms with Gasteiger partial charge < -0.3 is 4.74 Å². The summed E-state index contributed by atoms with van der Waals surface area (Å²) in [5.74, 6) is -0.0325. The van der Waals surface area contributed by atoms with Crippen molar-refractivity contribution >= 4 is 5.97 Å². The van der Waals surface area contributed by atoms with Crippen molar-refractivity contribution in [3.8, 4) is 0 Å². The molecule has 1 unspecified atom stereocenters. The lowest BCUT2D eigenvalue weighted by molar-refractivity contribution is -0.160. The van der Waals surface area contributed by atoms with Gasteiger partial charge in [0.1, 0.15) is 6.10 Å². The second-order valence-electron chi connectivity index (χ2n) is 5.55. The molecule has 0 aliphatic carbocycles. The molecule has 0 aliphatic rings. The minimum Gasteiger partial charge on any atom is -0.462 e. The van der Waals surface area contributed by atoms with Gasteiger partial charge in [0.05, 0.1) is 5.41 Å². The molecule has 2 nitrogen and oxygen atoms in total. The highest BCUT2D eigenvalue weighted by molar-refractivity contribution is 5.75. The van der Waals surface area contributed by atoms with Crippen LogP contribution in [-0.2, 0) is 9.53 Å². The maximum Gasteiger partial charge on any atom is 0.311 e. The zero-order valence-corrected chi connectivity index (χ0v) is 12.3. The summed E-state index contributed by atoms with van der Waals surface area (Å²) in [7, 11) is 0. The van der Waals surface area contributed by atoms with Crippen molar-refractivity contribution in [2.24, 2.45) is 5.41 Å². The summed E-state index contributed by atoms with van der Waals surface area (Å²) >= 11 is 0. The van der Waals surface area contributed by atoms with E-state index >= 15 is 0 Å². The van der Waals surface area contributed by atoms with E-state index in [1.807, 2.05) is 20.8 Å². The molecule has 0 aliphatic heterocycles. The minimum absolute atomic E-state index is 0.0325. The average molecular weight is 242 g/mol. The summed E-state index contributed by atoms with van der Waals surface area (Å²) in [6.45, 7) is 10.3. The van der Waals surface area contributed by atoms with Crippen LogP contribution in [0.3, 0.4) is 0 Å². The van der Waals surface area contributed by atoms with E-state index in [9.17, 15) is 4.79 Å². The summed E-state index contributed by atoms with van der Waals surface area (Å²) in [6.07, 6.45) is 7.67. The summed E-state index contributed by atoms with van der Waals surface area (Å²) in [5, 5.41) is 0. The smallest absolute Gasteiger partial charge is 0.311 e. The lowest BCUT2D eigenvalue weighted by atomic mass is 9.90. The number of hydrogen-bond donors (Lipinski definition) is 0. The Kier molecular flexibility index (Phi) is 8.28. The molecule has 102 valence electrons. The average Bonchev–Trinajstić information content (AvgIpc) is 2.29. The van der Waals surface area contributed by atoms with E-state index in [1.54, 1.807) is 0 Å². The van der Waals surface area contributed by atoms with Gasteiger partial charge in [0.2, 0.25) is 0 Å². The third kappa shape index (κ3) is 6.70. The normalized spacial score (nSPS) is 13.5. The number of carbonyl (C=O) groups excluding carboxylic acids is 1. The van der Waals surface area contributed by atoms with E-state index in [0.717, 1.165) is 25.7 Å².